The predicted octanol–water partition coefficient (Wildman–Crippen LogP) is 2.26. The van der Waals surface area contributed by atoms with E-state index in [9.17, 15) is 4.79 Å². The highest BCUT2D eigenvalue weighted by Crippen LogP contribution is 2.45. The van der Waals surface area contributed by atoms with Gasteiger partial charge in [-0.05, 0) is 6.92 Å². The summed E-state index contributed by atoms with van der Waals surface area (Å²) in [5.41, 5.74) is 2.26. The van der Waals surface area contributed by atoms with E-state index in [1.807, 2.05) is 31.2 Å². The SMILES string of the molecule is CC1=NO[C@]2(CC(=O)c3ccccc32)C1. The first-order valence-electron chi connectivity index (χ1n) is 5.06. The van der Waals surface area contributed by atoms with E-state index in [-0.39, 0.29) is 5.78 Å². The summed E-state index contributed by atoms with van der Waals surface area (Å²) in [5, 5.41) is 3.97. The van der Waals surface area contributed by atoms with E-state index < -0.39 is 5.60 Å². The molecule has 0 radical (unpaired) electrons. The molecule has 3 heteroatoms. The van der Waals surface area contributed by atoms with Crippen molar-refractivity contribution in [3.05, 3.63) is 35.4 Å². The summed E-state index contributed by atoms with van der Waals surface area (Å²) in [4.78, 5) is 17.3. The van der Waals surface area contributed by atoms with Crippen LogP contribution in [0.4, 0.5) is 0 Å². The zero-order valence-corrected chi connectivity index (χ0v) is 8.49. The Morgan fingerprint density at radius 1 is 1.33 bits per heavy atom. The molecule has 3 nitrogen and oxygen atoms in total. The molecule has 0 bridgehead atoms. The molecule has 3 rings (SSSR count). The van der Waals surface area contributed by atoms with Crippen LogP contribution in [0.15, 0.2) is 29.4 Å². The number of nitrogens with zero attached hydrogens (tertiary/aromatic N) is 1. The third-order valence-corrected chi connectivity index (χ3v) is 3.08. The molecule has 0 saturated carbocycles. The average Bonchev–Trinajstić information content (AvgIpc) is 2.72. The number of hydrogen-bond donors (Lipinski definition) is 0. The minimum Gasteiger partial charge on any atom is -0.384 e. The molecule has 0 fully saturated rings. The standard InChI is InChI=1S/C12H11NO2/c1-8-6-12(15-13-8)7-11(14)9-4-2-3-5-10(9)12/h2-5H,6-7H2,1H3/t12-/m0/s1. The Balaban J connectivity index is 2.13. The largest absolute Gasteiger partial charge is 0.384 e. The Kier molecular flexibility index (Phi) is 1.55. The molecule has 1 aromatic rings. The Labute approximate surface area is 87.7 Å². The van der Waals surface area contributed by atoms with E-state index in [0.717, 1.165) is 23.3 Å². The lowest BCUT2D eigenvalue weighted by atomic mass is 9.91. The number of ketones is 1. The fourth-order valence-corrected chi connectivity index (χ4v) is 2.46. The summed E-state index contributed by atoms with van der Waals surface area (Å²) >= 11 is 0. The quantitative estimate of drug-likeness (QED) is 0.645. The van der Waals surface area contributed by atoms with Gasteiger partial charge >= 0.3 is 0 Å². The van der Waals surface area contributed by atoms with Crippen LogP contribution in [0.2, 0.25) is 0 Å². The number of hydrogen-bond acceptors (Lipinski definition) is 3. The van der Waals surface area contributed by atoms with Crippen LogP contribution in [0.5, 0.6) is 0 Å². The average molecular weight is 201 g/mol. The lowest BCUT2D eigenvalue weighted by Gasteiger charge is -2.20. The summed E-state index contributed by atoms with van der Waals surface area (Å²) in [6.45, 7) is 1.93. The van der Waals surface area contributed by atoms with Crippen molar-refractivity contribution in [3.63, 3.8) is 0 Å². The van der Waals surface area contributed by atoms with Gasteiger partial charge in [-0.1, -0.05) is 29.4 Å². The molecule has 0 unspecified atom stereocenters. The molecule has 1 spiro atoms. The Bertz CT molecular complexity index is 478. The van der Waals surface area contributed by atoms with Gasteiger partial charge in [-0.25, -0.2) is 0 Å². The smallest absolute Gasteiger partial charge is 0.175 e. The van der Waals surface area contributed by atoms with E-state index in [1.54, 1.807) is 0 Å². The lowest BCUT2D eigenvalue weighted by Crippen LogP contribution is -2.22. The van der Waals surface area contributed by atoms with Crippen molar-refractivity contribution in [2.75, 3.05) is 0 Å². The van der Waals surface area contributed by atoms with Gasteiger partial charge in [-0.3, -0.25) is 4.79 Å². The topological polar surface area (TPSA) is 38.7 Å². The first-order valence-corrected chi connectivity index (χ1v) is 5.06. The first kappa shape index (κ1) is 8.65. The highest BCUT2D eigenvalue weighted by atomic mass is 16.7. The van der Waals surface area contributed by atoms with Crippen molar-refractivity contribution in [1.29, 1.82) is 0 Å². The van der Waals surface area contributed by atoms with Crippen molar-refractivity contribution in [3.8, 4) is 0 Å². The van der Waals surface area contributed by atoms with Crippen molar-refractivity contribution >= 4 is 11.5 Å². The van der Waals surface area contributed by atoms with Crippen LogP contribution in [-0.4, -0.2) is 11.5 Å². The molecule has 0 aromatic heterocycles. The van der Waals surface area contributed by atoms with Gasteiger partial charge in [0.25, 0.3) is 0 Å². The summed E-state index contributed by atoms with van der Waals surface area (Å²) in [7, 11) is 0. The molecule has 0 amide bonds. The molecular weight excluding hydrogens is 190 g/mol. The van der Waals surface area contributed by atoms with Gasteiger partial charge in [0.2, 0.25) is 0 Å². The van der Waals surface area contributed by atoms with Crippen molar-refractivity contribution in [1.82, 2.24) is 0 Å². The Morgan fingerprint density at radius 2 is 2.13 bits per heavy atom. The number of Topliss-reactive ketones (excluding diaryl/α,β-unsaturated/α-hetero) is 1. The molecule has 1 atom stereocenters. The lowest BCUT2D eigenvalue weighted by molar-refractivity contribution is -0.0185. The van der Waals surface area contributed by atoms with Gasteiger partial charge in [-0.15, -0.1) is 0 Å². The first-order chi connectivity index (χ1) is 7.21. The minimum absolute atomic E-state index is 0.163. The van der Waals surface area contributed by atoms with Crippen molar-refractivity contribution in [2.45, 2.75) is 25.4 Å². The van der Waals surface area contributed by atoms with E-state index >= 15 is 0 Å². The van der Waals surface area contributed by atoms with Crippen LogP contribution in [0.3, 0.4) is 0 Å². The van der Waals surface area contributed by atoms with Gasteiger partial charge in [0, 0.05) is 17.5 Å². The van der Waals surface area contributed by atoms with E-state index in [4.69, 9.17) is 4.84 Å². The van der Waals surface area contributed by atoms with Crippen LogP contribution < -0.4 is 0 Å². The van der Waals surface area contributed by atoms with Crippen LogP contribution in [0.25, 0.3) is 0 Å². The maximum Gasteiger partial charge on any atom is 0.175 e. The molecule has 1 aliphatic carbocycles. The maximum atomic E-state index is 11.8. The Hall–Kier alpha value is -1.64. The number of fused-ring (bicyclic) bond motifs is 2. The number of oxime groups is 1. The highest BCUT2D eigenvalue weighted by molar-refractivity contribution is 6.03. The van der Waals surface area contributed by atoms with Crippen LogP contribution >= 0.6 is 0 Å². The molecule has 15 heavy (non-hydrogen) atoms. The van der Waals surface area contributed by atoms with E-state index in [2.05, 4.69) is 5.16 Å². The van der Waals surface area contributed by atoms with Gasteiger partial charge in [0.1, 0.15) is 0 Å². The van der Waals surface area contributed by atoms with Crippen molar-refractivity contribution < 1.29 is 9.63 Å². The monoisotopic (exact) mass is 201 g/mol. The summed E-state index contributed by atoms with van der Waals surface area (Å²) < 4.78 is 0. The molecule has 2 aliphatic rings. The van der Waals surface area contributed by atoms with E-state index in [1.165, 1.54) is 0 Å². The van der Waals surface area contributed by atoms with Crippen LogP contribution in [0, 0.1) is 0 Å². The van der Waals surface area contributed by atoms with Crippen molar-refractivity contribution in [2.24, 2.45) is 5.16 Å². The van der Waals surface area contributed by atoms with Gasteiger partial charge in [0.15, 0.2) is 11.4 Å². The third kappa shape index (κ3) is 1.06. The fraction of sp³-hybridized carbons (Fsp3) is 0.333. The number of carbonyl (C=O) groups excluding carboxylic acids is 1. The molecule has 1 aromatic carbocycles. The molecule has 1 aliphatic heterocycles. The predicted molar refractivity (Wildman–Crippen MR) is 55.9 cm³/mol. The van der Waals surface area contributed by atoms with Crippen LogP contribution in [-0.2, 0) is 10.4 Å². The number of carbonyl (C=O) groups is 1. The van der Waals surface area contributed by atoms with Gasteiger partial charge in [0.05, 0.1) is 12.1 Å². The summed E-state index contributed by atoms with van der Waals surface area (Å²) in [6, 6.07) is 7.66. The number of rotatable bonds is 0. The normalized spacial score (nSPS) is 27.8. The second kappa shape index (κ2) is 2.69. The molecule has 0 saturated heterocycles. The highest BCUT2D eigenvalue weighted by Gasteiger charge is 2.48. The molecule has 76 valence electrons. The van der Waals surface area contributed by atoms with Gasteiger partial charge < -0.3 is 4.84 Å². The zero-order chi connectivity index (χ0) is 10.5. The van der Waals surface area contributed by atoms with Gasteiger partial charge in [-0.2, -0.15) is 0 Å². The fourth-order valence-electron chi connectivity index (χ4n) is 2.46. The molecule has 1 heterocycles. The van der Waals surface area contributed by atoms with E-state index in [0.29, 0.717) is 6.42 Å². The zero-order valence-electron chi connectivity index (χ0n) is 8.49. The third-order valence-electron chi connectivity index (χ3n) is 3.08. The van der Waals surface area contributed by atoms with Crippen LogP contribution in [0.1, 0.15) is 35.7 Å². The summed E-state index contributed by atoms with van der Waals surface area (Å²) in [5.74, 6) is 0.163. The Morgan fingerprint density at radius 3 is 2.87 bits per heavy atom. The molecule has 0 N–H and O–H groups in total. The minimum atomic E-state index is -0.488. The maximum absolute atomic E-state index is 11.8. The molecular formula is C12H11NO2. The second-order valence-electron chi connectivity index (χ2n) is 4.23. The number of benzene rings is 1. The summed E-state index contributed by atoms with van der Waals surface area (Å²) in [6.07, 6.45) is 1.16. The second-order valence-corrected chi connectivity index (χ2v) is 4.23.